The van der Waals surface area contributed by atoms with E-state index in [1.165, 1.54) is 25.3 Å². The first-order valence-electron chi connectivity index (χ1n) is 7.90. The molecule has 2 N–H and O–H groups in total. The van der Waals surface area contributed by atoms with Gasteiger partial charge in [0.15, 0.2) is 11.6 Å². The summed E-state index contributed by atoms with van der Waals surface area (Å²) in [4.78, 5) is 23.8. The molecule has 1 aromatic carbocycles. The normalized spacial score (nSPS) is 21.8. The topological polar surface area (TPSA) is 75.6 Å². The molecule has 2 atom stereocenters. The van der Waals surface area contributed by atoms with Crippen molar-refractivity contribution in [2.24, 2.45) is 5.92 Å². The van der Waals surface area contributed by atoms with E-state index in [1.807, 2.05) is 0 Å². The van der Waals surface area contributed by atoms with Crippen LogP contribution in [0.4, 0.5) is 4.39 Å². The zero-order chi connectivity index (χ0) is 16.8. The maximum atomic E-state index is 14.2. The minimum atomic E-state index is -0.914. The Kier molecular flexibility index (Phi) is 5.96. The minimum absolute atomic E-state index is 0.00917. The highest BCUT2D eigenvalue weighted by Gasteiger charge is 2.30. The number of carbonyl (C=O) groups excluding carboxylic acids is 1. The van der Waals surface area contributed by atoms with Crippen molar-refractivity contribution in [1.29, 1.82) is 0 Å². The Balaban J connectivity index is 2.17. The van der Waals surface area contributed by atoms with Gasteiger partial charge in [0.2, 0.25) is 0 Å². The molecule has 1 amide bonds. The Bertz CT molecular complexity index is 576. The molecule has 126 valence electrons. The van der Waals surface area contributed by atoms with Crippen LogP contribution < -0.4 is 10.1 Å². The number of carboxylic acids is 1. The van der Waals surface area contributed by atoms with Crippen LogP contribution in [0.25, 0.3) is 0 Å². The Morgan fingerprint density at radius 2 is 1.91 bits per heavy atom. The van der Waals surface area contributed by atoms with Gasteiger partial charge in [0.05, 0.1) is 18.6 Å². The number of ether oxygens (including phenoxy) is 1. The van der Waals surface area contributed by atoms with Crippen LogP contribution in [0.5, 0.6) is 5.75 Å². The molecular formula is C17H22FNO4. The monoisotopic (exact) mass is 323 g/mol. The molecule has 0 aromatic heterocycles. The molecule has 23 heavy (non-hydrogen) atoms. The second-order valence-corrected chi connectivity index (χ2v) is 5.84. The molecular weight excluding hydrogens is 301 g/mol. The third kappa shape index (κ3) is 4.21. The van der Waals surface area contributed by atoms with E-state index in [0.717, 1.165) is 25.7 Å². The number of aliphatic carboxylic acids is 1. The molecule has 0 radical (unpaired) electrons. The Morgan fingerprint density at radius 1 is 1.22 bits per heavy atom. The lowest BCUT2D eigenvalue weighted by atomic mass is 9.86. The fourth-order valence-electron chi connectivity index (χ4n) is 3.04. The van der Waals surface area contributed by atoms with E-state index in [1.54, 1.807) is 0 Å². The number of nitrogens with one attached hydrogen (secondary N) is 1. The molecule has 1 saturated carbocycles. The smallest absolute Gasteiger partial charge is 0.308 e. The van der Waals surface area contributed by atoms with Crippen molar-refractivity contribution in [3.05, 3.63) is 29.6 Å². The van der Waals surface area contributed by atoms with Crippen molar-refractivity contribution in [2.45, 2.75) is 44.6 Å². The van der Waals surface area contributed by atoms with Gasteiger partial charge in [-0.3, -0.25) is 9.59 Å². The van der Waals surface area contributed by atoms with Crippen molar-refractivity contribution in [2.75, 3.05) is 7.11 Å². The number of methoxy groups -OCH3 is 1. The molecule has 0 saturated heterocycles. The SMILES string of the molecule is COc1cccc(C(=O)NC2CCCCCCC2C(=O)O)c1F. The highest BCUT2D eigenvalue weighted by molar-refractivity contribution is 5.95. The van der Waals surface area contributed by atoms with Crippen LogP contribution in [-0.4, -0.2) is 30.1 Å². The molecule has 0 bridgehead atoms. The van der Waals surface area contributed by atoms with Crippen LogP contribution in [0.2, 0.25) is 0 Å². The van der Waals surface area contributed by atoms with Crippen molar-refractivity contribution >= 4 is 11.9 Å². The summed E-state index contributed by atoms with van der Waals surface area (Å²) < 4.78 is 19.0. The van der Waals surface area contributed by atoms with Crippen LogP contribution >= 0.6 is 0 Å². The Morgan fingerprint density at radius 3 is 2.57 bits per heavy atom. The van der Waals surface area contributed by atoms with Crippen molar-refractivity contribution in [3.63, 3.8) is 0 Å². The standard InChI is InChI=1S/C17H22FNO4/c1-23-14-10-6-8-12(15(14)18)16(20)19-13-9-5-3-2-4-7-11(13)17(21)22/h6,8,10-11,13H,2-5,7,9H2,1H3,(H,19,20)(H,21,22). The summed E-state index contributed by atoms with van der Waals surface area (Å²) in [6.45, 7) is 0. The number of benzene rings is 1. The van der Waals surface area contributed by atoms with Gasteiger partial charge in [0, 0.05) is 6.04 Å². The third-order valence-corrected chi connectivity index (χ3v) is 4.33. The summed E-state index contributed by atoms with van der Waals surface area (Å²) in [6, 6.07) is 3.85. The molecule has 0 spiro atoms. The maximum absolute atomic E-state index is 14.2. The zero-order valence-electron chi connectivity index (χ0n) is 13.2. The first kappa shape index (κ1) is 17.2. The van der Waals surface area contributed by atoms with E-state index >= 15 is 0 Å². The maximum Gasteiger partial charge on any atom is 0.308 e. The largest absolute Gasteiger partial charge is 0.494 e. The summed E-state index contributed by atoms with van der Waals surface area (Å²) in [6.07, 6.45) is 4.84. The van der Waals surface area contributed by atoms with Gasteiger partial charge < -0.3 is 15.2 Å². The van der Waals surface area contributed by atoms with Crippen LogP contribution in [-0.2, 0) is 4.79 Å². The predicted molar refractivity (Wildman–Crippen MR) is 83.0 cm³/mol. The van der Waals surface area contributed by atoms with E-state index in [4.69, 9.17) is 4.74 Å². The van der Waals surface area contributed by atoms with Gasteiger partial charge in [0.25, 0.3) is 5.91 Å². The van der Waals surface area contributed by atoms with E-state index < -0.39 is 29.7 Å². The van der Waals surface area contributed by atoms with E-state index in [9.17, 15) is 19.1 Å². The molecule has 0 heterocycles. The molecule has 0 aliphatic heterocycles. The first-order chi connectivity index (χ1) is 11.0. The first-order valence-corrected chi connectivity index (χ1v) is 7.90. The average Bonchev–Trinajstić information content (AvgIpc) is 2.49. The van der Waals surface area contributed by atoms with Gasteiger partial charge in [0.1, 0.15) is 0 Å². The summed E-state index contributed by atoms with van der Waals surface area (Å²) in [7, 11) is 1.33. The zero-order valence-corrected chi connectivity index (χ0v) is 13.2. The third-order valence-electron chi connectivity index (χ3n) is 4.33. The van der Waals surface area contributed by atoms with E-state index in [2.05, 4.69) is 5.32 Å². The summed E-state index contributed by atoms with van der Waals surface area (Å²) in [5.74, 6) is -2.88. The molecule has 5 nitrogen and oxygen atoms in total. The Labute approximate surface area is 134 Å². The highest BCUT2D eigenvalue weighted by atomic mass is 19.1. The summed E-state index contributed by atoms with van der Waals surface area (Å²) >= 11 is 0. The fourth-order valence-corrected chi connectivity index (χ4v) is 3.04. The van der Waals surface area contributed by atoms with Crippen molar-refractivity contribution in [3.8, 4) is 5.75 Å². The van der Waals surface area contributed by atoms with Gasteiger partial charge in [-0.2, -0.15) is 0 Å². The quantitative estimate of drug-likeness (QED) is 0.893. The molecule has 1 fully saturated rings. The number of rotatable bonds is 4. The fraction of sp³-hybridized carbons (Fsp3) is 0.529. The average molecular weight is 323 g/mol. The van der Waals surface area contributed by atoms with Crippen LogP contribution in [0.1, 0.15) is 48.9 Å². The lowest BCUT2D eigenvalue weighted by molar-refractivity contribution is -0.143. The van der Waals surface area contributed by atoms with Crippen molar-refractivity contribution in [1.82, 2.24) is 5.32 Å². The molecule has 2 rings (SSSR count). The second-order valence-electron chi connectivity index (χ2n) is 5.84. The number of hydrogen-bond acceptors (Lipinski definition) is 3. The van der Waals surface area contributed by atoms with Gasteiger partial charge >= 0.3 is 5.97 Å². The molecule has 6 heteroatoms. The lowest BCUT2D eigenvalue weighted by Crippen LogP contribution is -2.44. The molecule has 2 unspecified atom stereocenters. The number of halogens is 1. The Hall–Kier alpha value is -2.11. The minimum Gasteiger partial charge on any atom is -0.494 e. The lowest BCUT2D eigenvalue weighted by Gasteiger charge is -2.27. The molecule has 1 aromatic rings. The van der Waals surface area contributed by atoms with Gasteiger partial charge in [-0.15, -0.1) is 0 Å². The van der Waals surface area contributed by atoms with E-state index in [0.29, 0.717) is 12.8 Å². The highest BCUT2D eigenvalue weighted by Crippen LogP contribution is 2.25. The molecule has 1 aliphatic rings. The van der Waals surface area contributed by atoms with Gasteiger partial charge in [-0.25, -0.2) is 4.39 Å². The summed E-state index contributed by atoms with van der Waals surface area (Å²) in [5, 5.41) is 12.1. The summed E-state index contributed by atoms with van der Waals surface area (Å²) in [5.41, 5.74) is -0.129. The number of carboxylic acid groups (broad SMARTS) is 1. The van der Waals surface area contributed by atoms with Crippen LogP contribution in [0, 0.1) is 11.7 Å². The van der Waals surface area contributed by atoms with Crippen LogP contribution in [0.3, 0.4) is 0 Å². The number of carbonyl (C=O) groups is 2. The van der Waals surface area contributed by atoms with E-state index in [-0.39, 0.29) is 11.3 Å². The second kappa shape index (κ2) is 7.94. The number of hydrogen-bond donors (Lipinski definition) is 2. The van der Waals surface area contributed by atoms with Gasteiger partial charge in [-0.1, -0.05) is 31.7 Å². The molecule has 1 aliphatic carbocycles. The van der Waals surface area contributed by atoms with Crippen molar-refractivity contribution < 1.29 is 23.8 Å². The number of amides is 1. The predicted octanol–water partition coefficient (Wildman–Crippen LogP) is 2.99. The van der Waals surface area contributed by atoms with Gasteiger partial charge in [-0.05, 0) is 25.0 Å². The van der Waals surface area contributed by atoms with Crippen LogP contribution in [0.15, 0.2) is 18.2 Å².